The maximum atomic E-state index is 13.0. The van der Waals surface area contributed by atoms with E-state index in [9.17, 15) is 9.59 Å². The van der Waals surface area contributed by atoms with Crippen LogP contribution in [0.3, 0.4) is 0 Å². The van der Waals surface area contributed by atoms with Crippen LogP contribution in [0.1, 0.15) is 87.7 Å². The molecule has 0 saturated carbocycles. The molecule has 0 radical (unpaired) electrons. The van der Waals surface area contributed by atoms with E-state index < -0.39 is 0 Å². The zero-order valence-corrected chi connectivity index (χ0v) is 21.5. The van der Waals surface area contributed by atoms with Crippen molar-refractivity contribution in [1.29, 1.82) is 0 Å². The molecule has 0 atom stereocenters. The van der Waals surface area contributed by atoms with Crippen LogP contribution in [0.5, 0.6) is 0 Å². The number of para-hydroxylation sites is 1. The number of carbonyl (C=O) groups excluding carboxylic acids is 2. The van der Waals surface area contributed by atoms with Crippen LogP contribution in [0, 0.1) is 5.92 Å². The van der Waals surface area contributed by atoms with Crippen molar-refractivity contribution in [2.45, 2.75) is 66.2 Å². The lowest BCUT2D eigenvalue weighted by Crippen LogP contribution is -2.30. The minimum absolute atomic E-state index is 0.105. The van der Waals surface area contributed by atoms with Gasteiger partial charge in [0.15, 0.2) is 0 Å². The largest absolute Gasteiger partial charge is 0.371 e. The fourth-order valence-electron chi connectivity index (χ4n) is 4.39. The number of amides is 3. The fraction of sp³-hybridized carbons (Fsp3) is 0.500. The molecule has 3 rings (SSSR count). The molecular formula is C28H40N4O2. The Morgan fingerprint density at radius 1 is 0.882 bits per heavy atom. The lowest BCUT2D eigenvalue weighted by atomic mass is 9.93. The van der Waals surface area contributed by atoms with Crippen molar-refractivity contribution in [1.82, 2.24) is 5.32 Å². The molecule has 3 N–H and O–H groups in total. The summed E-state index contributed by atoms with van der Waals surface area (Å²) in [7, 11) is 0. The van der Waals surface area contributed by atoms with Gasteiger partial charge in [-0.1, -0.05) is 59.7 Å². The highest BCUT2D eigenvalue weighted by molar-refractivity contribution is 6.04. The van der Waals surface area contributed by atoms with Gasteiger partial charge < -0.3 is 20.9 Å². The Labute approximate surface area is 204 Å². The average molecular weight is 465 g/mol. The van der Waals surface area contributed by atoms with Crippen LogP contribution in [0.2, 0.25) is 0 Å². The summed E-state index contributed by atoms with van der Waals surface area (Å²) in [5.74, 6) is 0.823. The Balaban J connectivity index is 1.85. The minimum atomic E-state index is -0.308. The lowest BCUT2D eigenvalue weighted by Gasteiger charge is -2.23. The predicted octanol–water partition coefficient (Wildman–Crippen LogP) is 6.56. The molecule has 184 valence electrons. The molecule has 34 heavy (non-hydrogen) atoms. The number of urea groups is 1. The predicted molar refractivity (Wildman–Crippen MR) is 142 cm³/mol. The van der Waals surface area contributed by atoms with Gasteiger partial charge >= 0.3 is 6.03 Å². The molecular weight excluding hydrogens is 424 g/mol. The Hall–Kier alpha value is -3.02. The highest BCUT2D eigenvalue weighted by Crippen LogP contribution is 2.33. The third-order valence-corrected chi connectivity index (χ3v) is 6.23. The summed E-state index contributed by atoms with van der Waals surface area (Å²) in [6.45, 7) is 15.2. The zero-order chi connectivity index (χ0) is 24.8. The van der Waals surface area contributed by atoms with Crippen molar-refractivity contribution in [3.8, 4) is 0 Å². The van der Waals surface area contributed by atoms with Crippen molar-refractivity contribution in [2.75, 3.05) is 35.2 Å². The summed E-state index contributed by atoms with van der Waals surface area (Å²) in [6.07, 6.45) is 2.26. The van der Waals surface area contributed by atoms with Crippen LogP contribution in [0.15, 0.2) is 36.4 Å². The number of nitrogens with zero attached hydrogens (tertiary/aromatic N) is 1. The first-order valence-corrected chi connectivity index (χ1v) is 12.5. The summed E-state index contributed by atoms with van der Waals surface area (Å²) < 4.78 is 0. The van der Waals surface area contributed by atoms with Crippen molar-refractivity contribution in [2.24, 2.45) is 5.92 Å². The van der Waals surface area contributed by atoms with E-state index in [1.165, 1.54) is 0 Å². The van der Waals surface area contributed by atoms with Crippen LogP contribution in [-0.2, 0) is 0 Å². The van der Waals surface area contributed by atoms with E-state index in [2.05, 4.69) is 74.5 Å². The van der Waals surface area contributed by atoms with Crippen molar-refractivity contribution >= 4 is 29.0 Å². The second kappa shape index (κ2) is 11.4. The van der Waals surface area contributed by atoms with E-state index in [1.807, 2.05) is 18.2 Å². The quantitative estimate of drug-likeness (QED) is 0.414. The number of hydrogen-bond donors (Lipinski definition) is 3. The molecule has 6 heteroatoms. The number of benzene rings is 2. The van der Waals surface area contributed by atoms with Gasteiger partial charge in [0.05, 0.1) is 5.56 Å². The van der Waals surface area contributed by atoms with Gasteiger partial charge in [-0.3, -0.25) is 4.79 Å². The molecule has 3 amide bonds. The molecule has 1 aliphatic rings. The number of carbonyl (C=O) groups is 2. The van der Waals surface area contributed by atoms with E-state index in [-0.39, 0.29) is 23.8 Å². The van der Waals surface area contributed by atoms with Crippen LogP contribution in [0.4, 0.5) is 21.9 Å². The summed E-state index contributed by atoms with van der Waals surface area (Å²) in [4.78, 5) is 28.3. The van der Waals surface area contributed by atoms with Gasteiger partial charge in [0.2, 0.25) is 0 Å². The average Bonchev–Trinajstić information content (AvgIpc) is 3.31. The van der Waals surface area contributed by atoms with Gasteiger partial charge in [-0.2, -0.15) is 0 Å². The first-order valence-electron chi connectivity index (χ1n) is 12.5. The Morgan fingerprint density at radius 2 is 1.50 bits per heavy atom. The normalized spacial score (nSPS) is 13.6. The minimum Gasteiger partial charge on any atom is -0.371 e. The molecule has 1 heterocycles. The molecule has 0 aromatic heterocycles. The van der Waals surface area contributed by atoms with E-state index in [4.69, 9.17) is 0 Å². The fourth-order valence-corrected chi connectivity index (χ4v) is 4.39. The second-order valence-corrected chi connectivity index (χ2v) is 10.2. The molecule has 2 aromatic rings. The number of hydrogen-bond acceptors (Lipinski definition) is 3. The first-order chi connectivity index (χ1) is 16.2. The van der Waals surface area contributed by atoms with Crippen LogP contribution >= 0.6 is 0 Å². The molecule has 0 aliphatic carbocycles. The molecule has 1 saturated heterocycles. The van der Waals surface area contributed by atoms with Gasteiger partial charge in [0, 0.05) is 36.7 Å². The highest BCUT2D eigenvalue weighted by Gasteiger charge is 2.21. The van der Waals surface area contributed by atoms with Crippen LogP contribution in [-0.4, -0.2) is 31.6 Å². The molecule has 0 bridgehead atoms. The maximum absolute atomic E-state index is 13.0. The smallest absolute Gasteiger partial charge is 0.323 e. The molecule has 0 unspecified atom stereocenters. The monoisotopic (exact) mass is 464 g/mol. The van der Waals surface area contributed by atoms with Gasteiger partial charge in [-0.15, -0.1) is 0 Å². The van der Waals surface area contributed by atoms with E-state index in [1.54, 1.807) is 6.07 Å². The zero-order valence-electron chi connectivity index (χ0n) is 21.5. The van der Waals surface area contributed by atoms with Crippen LogP contribution < -0.4 is 20.9 Å². The standard InChI is InChI=1S/C28H40N4O2/c1-18(2)17-29-27(33)24-16-21(12-13-25(24)32-14-7-8-15-32)30-28(34)31-26-22(19(3)4)10-9-11-23(26)20(5)6/h9-13,16,18-20H,7-8,14-15,17H2,1-6H3,(H,29,33)(H2,30,31,34). The van der Waals surface area contributed by atoms with Crippen molar-refractivity contribution in [3.05, 3.63) is 53.1 Å². The van der Waals surface area contributed by atoms with Crippen molar-refractivity contribution < 1.29 is 9.59 Å². The van der Waals surface area contributed by atoms with E-state index >= 15 is 0 Å². The molecule has 1 fully saturated rings. The number of nitrogens with one attached hydrogen (secondary N) is 3. The Morgan fingerprint density at radius 3 is 2.06 bits per heavy atom. The van der Waals surface area contributed by atoms with E-state index in [0.29, 0.717) is 23.7 Å². The van der Waals surface area contributed by atoms with Gasteiger partial charge in [-0.25, -0.2) is 4.79 Å². The first kappa shape index (κ1) is 25.6. The number of rotatable bonds is 8. The lowest BCUT2D eigenvalue weighted by molar-refractivity contribution is 0.0949. The Kier molecular flexibility index (Phi) is 8.59. The summed E-state index contributed by atoms with van der Waals surface area (Å²) >= 11 is 0. The van der Waals surface area contributed by atoms with Crippen LogP contribution in [0.25, 0.3) is 0 Å². The summed E-state index contributed by atoms with van der Waals surface area (Å²) in [6, 6.07) is 11.5. The number of anilines is 3. The molecule has 2 aromatic carbocycles. The van der Waals surface area contributed by atoms with Gasteiger partial charge in [0.25, 0.3) is 5.91 Å². The van der Waals surface area contributed by atoms with Gasteiger partial charge in [-0.05, 0) is 59.9 Å². The molecule has 0 spiro atoms. The van der Waals surface area contributed by atoms with Crippen molar-refractivity contribution in [3.63, 3.8) is 0 Å². The topological polar surface area (TPSA) is 73.5 Å². The second-order valence-electron chi connectivity index (χ2n) is 10.2. The summed E-state index contributed by atoms with van der Waals surface area (Å²) in [5.41, 5.74) is 5.22. The van der Waals surface area contributed by atoms with Gasteiger partial charge in [0.1, 0.15) is 0 Å². The molecule has 1 aliphatic heterocycles. The summed E-state index contributed by atoms with van der Waals surface area (Å²) in [5, 5.41) is 9.07. The Bertz CT molecular complexity index is 981. The highest BCUT2D eigenvalue weighted by atomic mass is 16.2. The molecule has 6 nitrogen and oxygen atoms in total. The SMILES string of the molecule is CC(C)CNC(=O)c1cc(NC(=O)Nc2c(C(C)C)cccc2C(C)C)ccc1N1CCCC1. The maximum Gasteiger partial charge on any atom is 0.323 e. The third kappa shape index (κ3) is 6.31. The van der Waals surface area contributed by atoms with E-state index in [0.717, 1.165) is 48.4 Å². The third-order valence-electron chi connectivity index (χ3n) is 6.23.